The van der Waals surface area contributed by atoms with E-state index in [1.807, 2.05) is 25.1 Å². The molecule has 1 aliphatic rings. The molecule has 0 aromatic heterocycles. The molecule has 1 saturated heterocycles. The van der Waals surface area contributed by atoms with Gasteiger partial charge in [0.25, 0.3) is 0 Å². The van der Waals surface area contributed by atoms with Crippen LogP contribution in [0, 0.1) is 6.92 Å². The van der Waals surface area contributed by atoms with Gasteiger partial charge in [0.05, 0.1) is 12.2 Å². The molecule has 102 valence electrons. The third kappa shape index (κ3) is 3.80. The van der Waals surface area contributed by atoms with Crippen LogP contribution < -0.4 is 5.32 Å². The van der Waals surface area contributed by atoms with E-state index in [4.69, 9.17) is 0 Å². The van der Waals surface area contributed by atoms with Gasteiger partial charge in [-0.1, -0.05) is 6.07 Å². The SMILES string of the molecule is Cc1ccc(NC(=O)CN2CCCCC2=O)c(Br)c1. The van der Waals surface area contributed by atoms with Crippen LogP contribution in [0.15, 0.2) is 22.7 Å². The minimum atomic E-state index is -0.153. The van der Waals surface area contributed by atoms with Crippen LogP contribution in [0.1, 0.15) is 24.8 Å². The minimum Gasteiger partial charge on any atom is -0.333 e. The fraction of sp³-hybridized carbons (Fsp3) is 0.429. The van der Waals surface area contributed by atoms with Crippen LogP contribution in [-0.4, -0.2) is 29.8 Å². The summed E-state index contributed by atoms with van der Waals surface area (Å²) in [5.74, 6) is -0.0795. The summed E-state index contributed by atoms with van der Waals surface area (Å²) in [4.78, 5) is 25.2. The van der Waals surface area contributed by atoms with Gasteiger partial charge in [0, 0.05) is 17.4 Å². The summed E-state index contributed by atoms with van der Waals surface area (Å²) in [5, 5.41) is 2.83. The smallest absolute Gasteiger partial charge is 0.244 e. The average Bonchev–Trinajstić information content (AvgIpc) is 2.36. The van der Waals surface area contributed by atoms with Crippen LogP contribution in [0.5, 0.6) is 0 Å². The fourth-order valence-electron chi connectivity index (χ4n) is 2.11. The van der Waals surface area contributed by atoms with Crippen molar-refractivity contribution in [2.75, 3.05) is 18.4 Å². The molecule has 1 aliphatic heterocycles. The van der Waals surface area contributed by atoms with Crippen LogP contribution in [0.25, 0.3) is 0 Å². The first-order chi connectivity index (χ1) is 9.06. The third-order valence-corrected chi connectivity index (χ3v) is 3.81. The zero-order chi connectivity index (χ0) is 13.8. The molecule has 0 unspecified atom stereocenters. The van der Waals surface area contributed by atoms with E-state index in [1.54, 1.807) is 4.90 Å². The lowest BCUT2D eigenvalue weighted by Gasteiger charge is -2.26. The number of carbonyl (C=O) groups is 2. The Morgan fingerprint density at radius 2 is 2.21 bits per heavy atom. The number of amides is 2. The second-order valence-electron chi connectivity index (χ2n) is 4.80. The number of aryl methyl sites for hydroxylation is 1. The number of nitrogens with zero attached hydrogens (tertiary/aromatic N) is 1. The van der Waals surface area contributed by atoms with E-state index in [9.17, 15) is 9.59 Å². The van der Waals surface area contributed by atoms with Crippen molar-refractivity contribution < 1.29 is 9.59 Å². The molecule has 0 saturated carbocycles. The first-order valence-corrected chi connectivity index (χ1v) is 7.19. The summed E-state index contributed by atoms with van der Waals surface area (Å²) < 4.78 is 0.853. The molecular weight excluding hydrogens is 308 g/mol. The molecule has 1 heterocycles. The van der Waals surface area contributed by atoms with Gasteiger partial charge in [-0.15, -0.1) is 0 Å². The van der Waals surface area contributed by atoms with E-state index >= 15 is 0 Å². The molecule has 1 aromatic carbocycles. The summed E-state index contributed by atoms with van der Waals surface area (Å²) in [6.07, 6.45) is 2.47. The van der Waals surface area contributed by atoms with Gasteiger partial charge in [0.2, 0.25) is 11.8 Å². The molecule has 0 atom stereocenters. The fourth-order valence-corrected chi connectivity index (χ4v) is 2.71. The van der Waals surface area contributed by atoms with Gasteiger partial charge in [-0.25, -0.2) is 0 Å². The van der Waals surface area contributed by atoms with E-state index < -0.39 is 0 Å². The quantitative estimate of drug-likeness (QED) is 0.929. The summed E-state index contributed by atoms with van der Waals surface area (Å²) in [6, 6.07) is 5.74. The molecule has 0 bridgehead atoms. The number of likely N-dealkylation sites (tertiary alicyclic amines) is 1. The maximum absolute atomic E-state index is 11.9. The van der Waals surface area contributed by atoms with Gasteiger partial charge in [0.1, 0.15) is 0 Å². The van der Waals surface area contributed by atoms with E-state index in [1.165, 1.54) is 0 Å². The van der Waals surface area contributed by atoms with Crippen molar-refractivity contribution in [3.63, 3.8) is 0 Å². The zero-order valence-corrected chi connectivity index (χ0v) is 12.5. The van der Waals surface area contributed by atoms with Crippen LogP contribution in [0.2, 0.25) is 0 Å². The molecule has 0 radical (unpaired) electrons. The molecule has 0 spiro atoms. The Morgan fingerprint density at radius 1 is 1.42 bits per heavy atom. The van der Waals surface area contributed by atoms with Gasteiger partial charge in [0.15, 0.2) is 0 Å². The molecule has 1 N–H and O–H groups in total. The second-order valence-corrected chi connectivity index (χ2v) is 5.66. The molecule has 19 heavy (non-hydrogen) atoms. The highest BCUT2D eigenvalue weighted by molar-refractivity contribution is 9.10. The first kappa shape index (κ1) is 14.1. The van der Waals surface area contributed by atoms with E-state index in [0.29, 0.717) is 13.0 Å². The topological polar surface area (TPSA) is 49.4 Å². The number of hydrogen-bond acceptors (Lipinski definition) is 2. The minimum absolute atomic E-state index is 0.0735. The predicted molar refractivity (Wildman–Crippen MR) is 77.9 cm³/mol. The van der Waals surface area contributed by atoms with Gasteiger partial charge < -0.3 is 10.2 Å². The Kier molecular flexibility index (Phi) is 4.58. The Balaban J connectivity index is 1.95. The van der Waals surface area contributed by atoms with E-state index in [0.717, 1.165) is 28.6 Å². The lowest BCUT2D eigenvalue weighted by Crippen LogP contribution is -2.40. The normalized spacial score (nSPS) is 15.5. The number of piperidine rings is 1. The summed E-state index contributed by atoms with van der Waals surface area (Å²) in [5.41, 5.74) is 1.86. The Morgan fingerprint density at radius 3 is 2.89 bits per heavy atom. The van der Waals surface area contributed by atoms with Gasteiger partial charge in [-0.2, -0.15) is 0 Å². The maximum Gasteiger partial charge on any atom is 0.244 e. The van der Waals surface area contributed by atoms with Crippen molar-refractivity contribution in [2.45, 2.75) is 26.2 Å². The van der Waals surface area contributed by atoms with Crippen molar-refractivity contribution in [1.29, 1.82) is 0 Å². The molecule has 5 heteroatoms. The van der Waals surface area contributed by atoms with Crippen LogP contribution in [0.3, 0.4) is 0 Å². The van der Waals surface area contributed by atoms with Gasteiger partial charge in [-0.05, 0) is 53.4 Å². The van der Waals surface area contributed by atoms with Crippen LogP contribution in [0.4, 0.5) is 5.69 Å². The van der Waals surface area contributed by atoms with Crippen molar-refractivity contribution in [3.8, 4) is 0 Å². The van der Waals surface area contributed by atoms with E-state index in [2.05, 4.69) is 21.2 Å². The molecule has 0 aliphatic carbocycles. The monoisotopic (exact) mass is 324 g/mol. The predicted octanol–water partition coefficient (Wildman–Crippen LogP) is 2.71. The summed E-state index contributed by atoms with van der Waals surface area (Å²) in [6.45, 7) is 2.81. The van der Waals surface area contributed by atoms with Gasteiger partial charge in [-0.3, -0.25) is 9.59 Å². The Labute approximate surface area is 121 Å². The molecule has 2 rings (SSSR count). The zero-order valence-electron chi connectivity index (χ0n) is 10.9. The Bertz CT molecular complexity index is 502. The number of benzene rings is 1. The highest BCUT2D eigenvalue weighted by Crippen LogP contribution is 2.23. The van der Waals surface area contributed by atoms with Crippen molar-refractivity contribution in [2.24, 2.45) is 0 Å². The van der Waals surface area contributed by atoms with Crippen LogP contribution >= 0.6 is 15.9 Å². The standard InChI is InChI=1S/C14H17BrN2O2/c1-10-5-6-12(11(15)8-10)16-13(18)9-17-7-3-2-4-14(17)19/h5-6,8H,2-4,7,9H2,1H3,(H,16,18). The highest BCUT2D eigenvalue weighted by atomic mass is 79.9. The first-order valence-electron chi connectivity index (χ1n) is 6.40. The molecular formula is C14H17BrN2O2. The lowest BCUT2D eigenvalue weighted by molar-refractivity contribution is -0.136. The largest absolute Gasteiger partial charge is 0.333 e. The maximum atomic E-state index is 11.9. The number of hydrogen-bond donors (Lipinski definition) is 1. The molecule has 2 amide bonds. The van der Waals surface area contributed by atoms with Crippen LogP contribution in [-0.2, 0) is 9.59 Å². The average molecular weight is 325 g/mol. The third-order valence-electron chi connectivity index (χ3n) is 3.15. The van der Waals surface area contributed by atoms with Gasteiger partial charge >= 0.3 is 0 Å². The number of rotatable bonds is 3. The highest BCUT2D eigenvalue weighted by Gasteiger charge is 2.20. The molecule has 1 fully saturated rings. The number of halogens is 1. The van der Waals surface area contributed by atoms with Crippen molar-refractivity contribution >= 4 is 33.4 Å². The Hall–Kier alpha value is -1.36. The number of carbonyl (C=O) groups excluding carboxylic acids is 2. The number of nitrogens with one attached hydrogen (secondary N) is 1. The lowest BCUT2D eigenvalue weighted by atomic mass is 10.1. The molecule has 1 aromatic rings. The summed E-state index contributed by atoms with van der Waals surface area (Å²) in [7, 11) is 0. The molecule has 4 nitrogen and oxygen atoms in total. The summed E-state index contributed by atoms with van der Waals surface area (Å²) >= 11 is 3.42. The van der Waals surface area contributed by atoms with E-state index in [-0.39, 0.29) is 18.4 Å². The van der Waals surface area contributed by atoms with Crippen molar-refractivity contribution in [3.05, 3.63) is 28.2 Å². The number of anilines is 1. The van der Waals surface area contributed by atoms with Crippen molar-refractivity contribution in [1.82, 2.24) is 4.90 Å². The second kappa shape index (κ2) is 6.19.